The molecule has 2 N–H and O–H groups in total. The lowest BCUT2D eigenvalue weighted by molar-refractivity contribution is 0.0714. The van der Waals surface area contributed by atoms with E-state index in [1.807, 2.05) is 25.1 Å². The molecular formula is C29H32FN5O2. The minimum Gasteiger partial charge on any atom is -0.391 e. The fourth-order valence-corrected chi connectivity index (χ4v) is 5.61. The van der Waals surface area contributed by atoms with Crippen molar-refractivity contribution >= 4 is 16.8 Å². The molecule has 37 heavy (non-hydrogen) atoms. The Morgan fingerprint density at radius 1 is 1.24 bits per heavy atom. The summed E-state index contributed by atoms with van der Waals surface area (Å²) in [5.41, 5.74) is 2.41. The third-order valence-electron chi connectivity index (χ3n) is 7.88. The molecule has 1 saturated heterocycles. The Balaban J connectivity index is 1.38. The molecule has 5 rings (SSSR count). The summed E-state index contributed by atoms with van der Waals surface area (Å²) < 4.78 is 14.8. The van der Waals surface area contributed by atoms with Gasteiger partial charge in [-0.25, -0.2) is 9.37 Å². The molecule has 0 unspecified atom stereocenters. The van der Waals surface area contributed by atoms with Crippen LogP contribution < -0.4 is 5.32 Å². The molecule has 0 spiro atoms. The minimum atomic E-state index is -0.624. The molecule has 2 aromatic heterocycles. The van der Waals surface area contributed by atoms with Gasteiger partial charge >= 0.3 is 0 Å². The monoisotopic (exact) mass is 501 g/mol. The summed E-state index contributed by atoms with van der Waals surface area (Å²) in [6.07, 6.45) is 5.73. The highest BCUT2D eigenvalue weighted by atomic mass is 19.1. The smallest absolute Gasteiger partial charge is 0.270 e. The fraction of sp³-hybridized carbons (Fsp3) is 0.448. The molecule has 1 aliphatic carbocycles. The van der Waals surface area contributed by atoms with Gasteiger partial charge in [0, 0.05) is 31.2 Å². The average molecular weight is 502 g/mol. The van der Waals surface area contributed by atoms with E-state index in [1.54, 1.807) is 18.3 Å². The molecule has 1 saturated carbocycles. The number of benzene rings is 1. The number of nitrogens with zero attached hydrogens (tertiary/aromatic N) is 4. The molecule has 1 aromatic carbocycles. The number of carbonyl (C=O) groups is 1. The van der Waals surface area contributed by atoms with Gasteiger partial charge in [0.1, 0.15) is 22.4 Å². The quantitative estimate of drug-likeness (QED) is 0.544. The predicted octanol–water partition coefficient (Wildman–Crippen LogP) is 4.17. The molecule has 2 fully saturated rings. The van der Waals surface area contributed by atoms with Crippen molar-refractivity contribution in [3.8, 4) is 6.07 Å². The molecule has 8 heteroatoms. The molecule has 0 radical (unpaired) electrons. The third kappa shape index (κ3) is 5.20. The van der Waals surface area contributed by atoms with Crippen LogP contribution in [0.4, 0.5) is 4.39 Å². The number of para-hydroxylation sites is 1. The van der Waals surface area contributed by atoms with Gasteiger partial charge in [-0.1, -0.05) is 25.0 Å². The topological polar surface area (TPSA) is 102 Å². The van der Waals surface area contributed by atoms with Crippen LogP contribution in [0.25, 0.3) is 10.9 Å². The number of hydrogen-bond donors (Lipinski definition) is 2. The van der Waals surface area contributed by atoms with Crippen LogP contribution in [0.3, 0.4) is 0 Å². The van der Waals surface area contributed by atoms with Crippen LogP contribution in [0.1, 0.15) is 65.8 Å². The number of nitriles is 1. The number of fused-ring (bicyclic) bond motifs is 1. The van der Waals surface area contributed by atoms with E-state index in [2.05, 4.69) is 26.3 Å². The number of hydrogen-bond acceptors (Lipinski definition) is 6. The number of pyridine rings is 2. The molecule has 1 aliphatic heterocycles. The number of halogens is 1. The normalized spacial score (nSPS) is 21.9. The van der Waals surface area contributed by atoms with Crippen molar-refractivity contribution in [1.82, 2.24) is 20.2 Å². The maximum absolute atomic E-state index is 14.8. The highest BCUT2D eigenvalue weighted by molar-refractivity contribution is 5.96. The number of rotatable bonds is 5. The number of piperidine rings is 1. The lowest BCUT2D eigenvalue weighted by Gasteiger charge is -2.37. The molecular weight excluding hydrogens is 469 g/mol. The zero-order chi connectivity index (χ0) is 26.0. The SMILES string of the molecule is Cc1ccnc(C2(C#N)CCN(Cc3cc(C(=O)N[C@H]4CCCC[C@@H]4O)nc4c(F)cccc34)CC2)c1. The molecule has 0 bridgehead atoms. The Morgan fingerprint density at radius 2 is 2.03 bits per heavy atom. The van der Waals surface area contributed by atoms with Gasteiger partial charge in [0.2, 0.25) is 0 Å². The second-order valence-corrected chi connectivity index (χ2v) is 10.4. The van der Waals surface area contributed by atoms with Crippen LogP contribution in [-0.4, -0.2) is 51.1 Å². The van der Waals surface area contributed by atoms with Gasteiger partial charge in [-0.15, -0.1) is 0 Å². The average Bonchev–Trinajstić information content (AvgIpc) is 2.91. The van der Waals surface area contributed by atoms with Crippen molar-refractivity contribution in [2.45, 2.75) is 69.6 Å². The van der Waals surface area contributed by atoms with Gasteiger partial charge in [0.25, 0.3) is 5.91 Å². The summed E-state index contributed by atoms with van der Waals surface area (Å²) in [5.74, 6) is -0.871. The third-order valence-corrected chi connectivity index (χ3v) is 7.88. The van der Waals surface area contributed by atoms with Crippen molar-refractivity contribution < 1.29 is 14.3 Å². The molecule has 2 aliphatic rings. The van der Waals surface area contributed by atoms with Crippen LogP contribution in [0, 0.1) is 24.1 Å². The summed E-state index contributed by atoms with van der Waals surface area (Å²) in [7, 11) is 0. The summed E-state index contributed by atoms with van der Waals surface area (Å²) in [4.78, 5) is 24.2. The first-order valence-electron chi connectivity index (χ1n) is 13.0. The maximum atomic E-state index is 14.8. The Labute approximate surface area is 216 Å². The van der Waals surface area contributed by atoms with E-state index in [0.29, 0.717) is 50.7 Å². The van der Waals surface area contributed by atoms with Crippen molar-refractivity contribution in [2.75, 3.05) is 13.1 Å². The van der Waals surface area contributed by atoms with E-state index in [1.165, 1.54) is 6.07 Å². The number of aromatic nitrogens is 2. The molecule has 1 amide bonds. The zero-order valence-electron chi connectivity index (χ0n) is 21.1. The Bertz CT molecular complexity index is 1350. The number of aliphatic hydroxyl groups is 1. The van der Waals surface area contributed by atoms with Crippen molar-refractivity contribution in [3.05, 3.63) is 70.9 Å². The van der Waals surface area contributed by atoms with Crippen LogP contribution in [0.5, 0.6) is 0 Å². The van der Waals surface area contributed by atoms with Gasteiger partial charge in [-0.05, 0) is 68.0 Å². The summed E-state index contributed by atoms with van der Waals surface area (Å²) in [6, 6.07) is 12.7. The number of amides is 1. The molecule has 3 aromatic rings. The Kier molecular flexibility index (Phi) is 7.18. The van der Waals surface area contributed by atoms with E-state index >= 15 is 0 Å². The number of aryl methyl sites for hydroxylation is 1. The van der Waals surface area contributed by atoms with Gasteiger partial charge in [0.05, 0.1) is 23.9 Å². The predicted molar refractivity (Wildman–Crippen MR) is 138 cm³/mol. The highest BCUT2D eigenvalue weighted by Gasteiger charge is 2.38. The number of carbonyl (C=O) groups excluding carboxylic acids is 1. The lowest BCUT2D eigenvalue weighted by atomic mass is 9.76. The van der Waals surface area contributed by atoms with E-state index in [0.717, 1.165) is 29.7 Å². The van der Waals surface area contributed by atoms with E-state index in [4.69, 9.17) is 0 Å². The van der Waals surface area contributed by atoms with E-state index < -0.39 is 23.2 Å². The molecule has 192 valence electrons. The van der Waals surface area contributed by atoms with Crippen LogP contribution in [0.15, 0.2) is 42.6 Å². The van der Waals surface area contributed by atoms with Crippen LogP contribution >= 0.6 is 0 Å². The fourth-order valence-electron chi connectivity index (χ4n) is 5.61. The van der Waals surface area contributed by atoms with E-state index in [-0.39, 0.29) is 17.3 Å². The Hall–Kier alpha value is -3.41. The molecule has 7 nitrogen and oxygen atoms in total. The van der Waals surface area contributed by atoms with Gasteiger partial charge in [-0.3, -0.25) is 14.7 Å². The summed E-state index contributed by atoms with van der Waals surface area (Å²) in [6.45, 7) is 3.87. The van der Waals surface area contributed by atoms with Crippen LogP contribution in [0.2, 0.25) is 0 Å². The van der Waals surface area contributed by atoms with E-state index in [9.17, 15) is 19.6 Å². The minimum absolute atomic E-state index is 0.151. The second-order valence-electron chi connectivity index (χ2n) is 10.4. The standard InChI is InChI=1S/C29H32FN5O2/c1-19-9-12-32-26(15-19)29(18-31)10-13-35(14-11-29)17-20-16-24(33-27-21(20)5-4-6-22(27)30)28(37)34-23-7-2-3-8-25(23)36/h4-6,9,12,15-16,23,25,36H,2-3,7-8,10-11,13-14,17H2,1H3,(H,34,37)/t23-,25-/m0/s1. The largest absolute Gasteiger partial charge is 0.391 e. The zero-order valence-corrected chi connectivity index (χ0v) is 21.1. The van der Waals surface area contributed by atoms with Crippen LogP contribution in [-0.2, 0) is 12.0 Å². The lowest BCUT2D eigenvalue weighted by Crippen LogP contribution is -2.45. The summed E-state index contributed by atoms with van der Waals surface area (Å²) >= 11 is 0. The van der Waals surface area contributed by atoms with Gasteiger partial charge < -0.3 is 10.4 Å². The van der Waals surface area contributed by atoms with Gasteiger partial charge in [0.15, 0.2) is 0 Å². The first-order valence-corrected chi connectivity index (χ1v) is 13.0. The molecule has 2 atom stereocenters. The first-order chi connectivity index (χ1) is 17.9. The number of aliphatic hydroxyl groups excluding tert-OH is 1. The molecule has 3 heterocycles. The number of nitrogens with one attached hydrogen (secondary N) is 1. The first kappa shape index (κ1) is 25.2. The van der Waals surface area contributed by atoms with Gasteiger partial charge in [-0.2, -0.15) is 5.26 Å². The summed E-state index contributed by atoms with van der Waals surface area (Å²) in [5, 5.41) is 23.9. The van der Waals surface area contributed by atoms with Crippen molar-refractivity contribution in [1.29, 1.82) is 5.26 Å². The maximum Gasteiger partial charge on any atom is 0.270 e. The van der Waals surface area contributed by atoms with Crippen molar-refractivity contribution in [2.24, 2.45) is 0 Å². The number of likely N-dealkylation sites (tertiary alicyclic amines) is 1. The second kappa shape index (κ2) is 10.5. The van der Waals surface area contributed by atoms with Crippen molar-refractivity contribution in [3.63, 3.8) is 0 Å². The Morgan fingerprint density at radius 3 is 2.76 bits per heavy atom. The highest BCUT2D eigenvalue weighted by Crippen LogP contribution is 2.35.